The van der Waals surface area contributed by atoms with Crippen molar-refractivity contribution in [2.45, 2.75) is 50.7 Å². The van der Waals surface area contributed by atoms with Crippen molar-refractivity contribution >= 4 is 18.3 Å². The number of rotatable bonds is 8. The van der Waals surface area contributed by atoms with Gasteiger partial charge in [-0.05, 0) is 55.4 Å². The maximum atomic E-state index is 12.1. The van der Waals surface area contributed by atoms with Crippen molar-refractivity contribution in [3.63, 3.8) is 0 Å². The first-order valence-corrected chi connectivity index (χ1v) is 9.53. The van der Waals surface area contributed by atoms with E-state index in [2.05, 4.69) is 11.4 Å². The average Bonchev–Trinajstić information content (AvgIpc) is 3.18. The molecule has 0 radical (unpaired) electrons. The number of hydrogen-bond donors (Lipinski definition) is 2. The molecule has 1 aliphatic rings. The van der Waals surface area contributed by atoms with Gasteiger partial charge in [-0.15, -0.1) is 12.4 Å². The molecule has 0 bridgehead atoms. The predicted octanol–water partition coefficient (Wildman–Crippen LogP) is 4.18. The first-order valence-electron chi connectivity index (χ1n) is 9.53. The van der Waals surface area contributed by atoms with E-state index in [1.807, 2.05) is 48.5 Å². The van der Waals surface area contributed by atoms with Crippen LogP contribution in [0, 0.1) is 0 Å². The highest BCUT2D eigenvalue weighted by molar-refractivity contribution is 5.85. The molecule has 1 amide bonds. The van der Waals surface area contributed by atoms with E-state index < -0.39 is 0 Å². The fourth-order valence-corrected chi connectivity index (χ4v) is 3.36. The van der Waals surface area contributed by atoms with Crippen molar-refractivity contribution in [1.82, 2.24) is 5.32 Å². The zero-order valence-corrected chi connectivity index (χ0v) is 16.4. The summed E-state index contributed by atoms with van der Waals surface area (Å²) in [6.07, 6.45) is 6.32. The van der Waals surface area contributed by atoms with Gasteiger partial charge in [0, 0.05) is 19.0 Å². The van der Waals surface area contributed by atoms with E-state index in [4.69, 9.17) is 10.5 Å². The summed E-state index contributed by atoms with van der Waals surface area (Å²) in [6.45, 7) is 0.452. The number of amides is 1. The van der Waals surface area contributed by atoms with Crippen molar-refractivity contribution in [2.75, 3.05) is 6.54 Å². The number of halogens is 1. The van der Waals surface area contributed by atoms with Crippen LogP contribution in [0.25, 0.3) is 0 Å². The van der Waals surface area contributed by atoms with E-state index in [1.54, 1.807) is 0 Å². The number of nitrogens with one attached hydrogen (secondary N) is 1. The highest BCUT2D eigenvalue weighted by Crippen LogP contribution is 2.24. The Kier molecular flexibility index (Phi) is 8.62. The lowest BCUT2D eigenvalue weighted by Crippen LogP contribution is -2.32. The molecule has 0 aromatic heterocycles. The smallest absolute Gasteiger partial charge is 0.220 e. The molecule has 1 atom stereocenters. The molecule has 27 heavy (non-hydrogen) atoms. The number of ether oxygens (including phenoxy) is 1. The van der Waals surface area contributed by atoms with Crippen LogP contribution in [0.2, 0.25) is 0 Å². The third-order valence-electron chi connectivity index (χ3n) is 4.89. The highest BCUT2D eigenvalue weighted by atomic mass is 35.5. The lowest BCUT2D eigenvalue weighted by Gasteiger charge is -2.14. The van der Waals surface area contributed by atoms with E-state index in [0.29, 0.717) is 25.5 Å². The summed E-state index contributed by atoms with van der Waals surface area (Å²) in [4.78, 5) is 12.1. The lowest BCUT2D eigenvalue weighted by molar-refractivity contribution is -0.121. The molecule has 1 aliphatic carbocycles. The number of benzene rings is 2. The summed E-state index contributed by atoms with van der Waals surface area (Å²) in [6, 6.07) is 17.8. The normalized spacial score (nSPS) is 15.0. The number of nitrogens with two attached hydrogens (primary N) is 1. The van der Waals surface area contributed by atoms with Crippen LogP contribution < -0.4 is 15.8 Å². The standard InChI is InChI=1S/C22H28N2O2.ClH/c23-21(18-8-2-1-3-9-18)16-24-22(25)14-13-17-7-6-12-20(15-17)26-19-10-4-5-11-19;/h1-3,6-9,12,15,19,21H,4-5,10-11,13-14,16,23H2,(H,24,25);1H. The minimum absolute atomic E-state index is 0. The zero-order valence-electron chi connectivity index (χ0n) is 15.6. The molecule has 0 heterocycles. The Morgan fingerprint density at radius 2 is 1.85 bits per heavy atom. The average molecular weight is 389 g/mol. The molecule has 1 saturated carbocycles. The molecule has 146 valence electrons. The summed E-state index contributed by atoms with van der Waals surface area (Å²) in [5, 5.41) is 2.93. The largest absolute Gasteiger partial charge is 0.490 e. The van der Waals surface area contributed by atoms with Crippen LogP contribution in [0.1, 0.15) is 49.3 Å². The Hall–Kier alpha value is -2.04. The van der Waals surface area contributed by atoms with Gasteiger partial charge in [0.1, 0.15) is 5.75 Å². The molecule has 5 heteroatoms. The molecule has 1 unspecified atom stereocenters. The lowest BCUT2D eigenvalue weighted by atomic mass is 10.1. The minimum atomic E-state index is -0.178. The van der Waals surface area contributed by atoms with Gasteiger partial charge in [-0.1, -0.05) is 42.5 Å². The summed E-state index contributed by atoms with van der Waals surface area (Å²) in [7, 11) is 0. The molecule has 3 rings (SSSR count). The maximum Gasteiger partial charge on any atom is 0.220 e. The molecule has 0 aliphatic heterocycles. The van der Waals surface area contributed by atoms with E-state index >= 15 is 0 Å². The summed E-state index contributed by atoms with van der Waals surface area (Å²) >= 11 is 0. The third-order valence-corrected chi connectivity index (χ3v) is 4.89. The van der Waals surface area contributed by atoms with Gasteiger partial charge >= 0.3 is 0 Å². The second-order valence-corrected chi connectivity index (χ2v) is 6.99. The van der Waals surface area contributed by atoms with Crippen molar-refractivity contribution < 1.29 is 9.53 Å². The van der Waals surface area contributed by atoms with Gasteiger partial charge in [0.05, 0.1) is 6.10 Å². The fraction of sp³-hybridized carbons (Fsp3) is 0.409. The molecular formula is C22H29ClN2O2. The van der Waals surface area contributed by atoms with Crippen LogP contribution in [0.5, 0.6) is 5.75 Å². The molecule has 0 saturated heterocycles. The summed E-state index contributed by atoms with van der Waals surface area (Å²) in [5.74, 6) is 0.944. The molecule has 0 spiro atoms. The monoisotopic (exact) mass is 388 g/mol. The molecule has 2 aromatic rings. The Balaban J connectivity index is 0.00000261. The van der Waals surface area contributed by atoms with Crippen molar-refractivity contribution in [2.24, 2.45) is 5.73 Å². The number of carbonyl (C=O) groups excluding carboxylic acids is 1. The first-order chi connectivity index (χ1) is 12.7. The Morgan fingerprint density at radius 1 is 1.11 bits per heavy atom. The Labute approximate surface area is 167 Å². The van der Waals surface area contributed by atoms with Gasteiger partial charge in [-0.3, -0.25) is 4.79 Å². The number of hydrogen-bond acceptors (Lipinski definition) is 3. The van der Waals surface area contributed by atoms with Crippen molar-refractivity contribution in [1.29, 1.82) is 0 Å². The van der Waals surface area contributed by atoms with Crippen molar-refractivity contribution in [3.8, 4) is 5.75 Å². The molecular weight excluding hydrogens is 360 g/mol. The molecule has 2 aromatic carbocycles. The molecule has 1 fully saturated rings. The van der Waals surface area contributed by atoms with Crippen LogP contribution >= 0.6 is 12.4 Å². The second kappa shape index (κ2) is 11.0. The van der Waals surface area contributed by atoms with Crippen LogP contribution in [-0.2, 0) is 11.2 Å². The Morgan fingerprint density at radius 3 is 2.59 bits per heavy atom. The van der Waals surface area contributed by atoms with Crippen LogP contribution in [0.3, 0.4) is 0 Å². The van der Waals surface area contributed by atoms with E-state index in [0.717, 1.165) is 29.7 Å². The molecule has 4 nitrogen and oxygen atoms in total. The van der Waals surface area contributed by atoms with Gasteiger partial charge in [-0.2, -0.15) is 0 Å². The first kappa shape index (κ1) is 21.3. The van der Waals surface area contributed by atoms with E-state index in [1.165, 1.54) is 12.8 Å². The minimum Gasteiger partial charge on any atom is -0.490 e. The Bertz CT molecular complexity index is 702. The van der Waals surface area contributed by atoms with Gasteiger partial charge in [0.25, 0.3) is 0 Å². The van der Waals surface area contributed by atoms with Crippen molar-refractivity contribution in [3.05, 3.63) is 65.7 Å². The summed E-state index contributed by atoms with van der Waals surface area (Å²) < 4.78 is 6.03. The third kappa shape index (κ3) is 6.89. The van der Waals surface area contributed by atoms with Gasteiger partial charge in [-0.25, -0.2) is 0 Å². The maximum absolute atomic E-state index is 12.1. The number of carbonyl (C=O) groups is 1. The SMILES string of the molecule is Cl.NC(CNC(=O)CCc1cccc(OC2CCCC2)c1)c1ccccc1. The quantitative estimate of drug-likeness (QED) is 0.713. The zero-order chi connectivity index (χ0) is 18.2. The van der Waals surface area contributed by atoms with Crippen LogP contribution in [0.15, 0.2) is 54.6 Å². The van der Waals surface area contributed by atoms with E-state index in [9.17, 15) is 4.79 Å². The molecule has 3 N–H and O–H groups in total. The number of aryl methyl sites for hydroxylation is 1. The highest BCUT2D eigenvalue weighted by Gasteiger charge is 2.16. The van der Waals surface area contributed by atoms with Gasteiger partial charge in [0.2, 0.25) is 5.91 Å². The van der Waals surface area contributed by atoms with Gasteiger partial charge < -0.3 is 15.8 Å². The summed E-state index contributed by atoms with van der Waals surface area (Å²) in [5.41, 5.74) is 8.28. The predicted molar refractivity (Wildman–Crippen MR) is 111 cm³/mol. The topological polar surface area (TPSA) is 64.3 Å². The van der Waals surface area contributed by atoms with Crippen LogP contribution in [0.4, 0.5) is 0 Å². The second-order valence-electron chi connectivity index (χ2n) is 6.99. The fourth-order valence-electron chi connectivity index (χ4n) is 3.36. The van der Waals surface area contributed by atoms with Gasteiger partial charge in [0.15, 0.2) is 0 Å². The van der Waals surface area contributed by atoms with E-state index in [-0.39, 0.29) is 24.4 Å². The van der Waals surface area contributed by atoms with Crippen LogP contribution in [-0.4, -0.2) is 18.6 Å².